The van der Waals surface area contributed by atoms with Crippen LogP contribution in [-0.4, -0.2) is 49.3 Å². The first-order chi connectivity index (χ1) is 11.3. The van der Waals surface area contributed by atoms with Crippen LogP contribution in [0.4, 0.5) is 0 Å². The lowest BCUT2D eigenvalue weighted by atomic mass is 10.3. The van der Waals surface area contributed by atoms with Crippen LogP contribution < -0.4 is 10.6 Å². The van der Waals surface area contributed by atoms with E-state index in [0.717, 1.165) is 68.4 Å². The third kappa shape index (κ3) is 7.04. The molecule has 1 aromatic carbocycles. The van der Waals surface area contributed by atoms with E-state index in [1.807, 2.05) is 31.2 Å². The molecule has 0 aliphatic carbocycles. The van der Waals surface area contributed by atoms with Crippen molar-refractivity contribution in [1.29, 1.82) is 0 Å². The van der Waals surface area contributed by atoms with Crippen molar-refractivity contribution in [2.45, 2.75) is 26.2 Å². The highest BCUT2D eigenvalue weighted by molar-refractivity contribution is 14.0. The van der Waals surface area contributed by atoms with Gasteiger partial charge in [-0.05, 0) is 31.9 Å². The average Bonchev–Trinajstić information content (AvgIpc) is 2.99. The molecule has 0 radical (unpaired) electrons. The predicted molar refractivity (Wildman–Crippen MR) is 110 cm³/mol. The minimum atomic E-state index is 0. The first-order valence-electron chi connectivity index (χ1n) is 8.29. The van der Waals surface area contributed by atoms with E-state index in [1.54, 1.807) is 7.05 Å². The van der Waals surface area contributed by atoms with Crippen LogP contribution in [0.5, 0.6) is 0 Å². The van der Waals surface area contributed by atoms with Crippen molar-refractivity contribution in [2.24, 2.45) is 4.99 Å². The van der Waals surface area contributed by atoms with E-state index in [2.05, 4.69) is 25.6 Å². The number of halogens is 1. The monoisotopic (exact) mass is 445 g/mol. The molecule has 0 unspecified atom stereocenters. The topological polar surface area (TPSA) is 74.3 Å². The molecule has 1 aromatic heterocycles. The van der Waals surface area contributed by atoms with Gasteiger partial charge in [0.05, 0.1) is 11.0 Å². The number of aliphatic imine (C=N–C) groups is 1. The number of hydrogen-bond acceptors (Lipinski definition) is 3. The van der Waals surface area contributed by atoms with Crippen LogP contribution in [0.3, 0.4) is 0 Å². The van der Waals surface area contributed by atoms with E-state index < -0.39 is 0 Å². The molecular weight excluding hydrogens is 417 g/mol. The Balaban J connectivity index is 0.00000288. The SMILES string of the molecule is CCOCCCCNC(=NC)NCCc1nc2ccccc2[nH]1.I. The Kier molecular flexibility index (Phi) is 10.4. The van der Waals surface area contributed by atoms with Crippen molar-refractivity contribution >= 4 is 41.0 Å². The highest BCUT2D eigenvalue weighted by Crippen LogP contribution is 2.10. The second-order valence-electron chi connectivity index (χ2n) is 5.28. The number of fused-ring (bicyclic) bond motifs is 1. The molecular formula is C17H28IN5O. The van der Waals surface area contributed by atoms with Crippen LogP contribution in [0.15, 0.2) is 29.3 Å². The highest BCUT2D eigenvalue weighted by atomic mass is 127. The van der Waals surface area contributed by atoms with E-state index in [4.69, 9.17) is 4.74 Å². The summed E-state index contributed by atoms with van der Waals surface area (Å²) in [4.78, 5) is 12.1. The zero-order chi connectivity index (χ0) is 16.3. The summed E-state index contributed by atoms with van der Waals surface area (Å²) in [7, 11) is 1.79. The summed E-state index contributed by atoms with van der Waals surface area (Å²) < 4.78 is 5.32. The second kappa shape index (κ2) is 12.1. The number of para-hydroxylation sites is 2. The summed E-state index contributed by atoms with van der Waals surface area (Å²) in [6.07, 6.45) is 2.97. The number of ether oxygens (including phenoxy) is 1. The summed E-state index contributed by atoms with van der Waals surface area (Å²) in [5, 5.41) is 6.62. The number of nitrogens with zero attached hydrogens (tertiary/aromatic N) is 2. The van der Waals surface area contributed by atoms with Gasteiger partial charge in [0, 0.05) is 39.8 Å². The van der Waals surface area contributed by atoms with Crippen LogP contribution >= 0.6 is 24.0 Å². The number of rotatable bonds is 9. The number of nitrogens with one attached hydrogen (secondary N) is 3. The molecule has 2 rings (SSSR count). The number of aromatic nitrogens is 2. The van der Waals surface area contributed by atoms with E-state index in [0.29, 0.717) is 0 Å². The summed E-state index contributed by atoms with van der Waals surface area (Å²) in [6.45, 7) is 5.33. The van der Waals surface area contributed by atoms with Crippen molar-refractivity contribution in [3.8, 4) is 0 Å². The van der Waals surface area contributed by atoms with Crippen LogP contribution in [0, 0.1) is 0 Å². The van der Waals surface area contributed by atoms with Gasteiger partial charge in [0.1, 0.15) is 5.82 Å². The van der Waals surface area contributed by atoms with Gasteiger partial charge >= 0.3 is 0 Å². The Hall–Kier alpha value is -1.35. The van der Waals surface area contributed by atoms with Gasteiger partial charge in [0.15, 0.2) is 5.96 Å². The molecule has 0 bridgehead atoms. The van der Waals surface area contributed by atoms with Gasteiger partial charge in [-0.1, -0.05) is 12.1 Å². The van der Waals surface area contributed by atoms with Crippen LogP contribution in [0.2, 0.25) is 0 Å². The molecule has 0 saturated carbocycles. The van der Waals surface area contributed by atoms with Crippen LogP contribution in [-0.2, 0) is 11.2 Å². The van der Waals surface area contributed by atoms with Crippen LogP contribution in [0.1, 0.15) is 25.6 Å². The lowest BCUT2D eigenvalue weighted by molar-refractivity contribution is 0.143. The lowest BCUT2D eigenvalue weighted by Crippen LogP contribution is -2.38. The third-order valence-corrected chi connectivity index (χ3v) is 3.53. The molecule has 0 aliphatic heterocycles. The largest absolute Gasteiger partial charge is 0.382 e. The van der Waals surface area contributed by atoms with Gasteiger partial charge in [-0.2, -0.15) is 0 Å². The maximum absolute atomic E-state index is 5.32. The predicted octanol–water partition coefficient (Wildman–Crippen LogP) is 2.71. The fourth-order valence-electron chi connectivity index (χ4n) is 2.32. The maximum atomic E-state index is 5.32. The molecule has 2 aromatic rings. The Labute approximate surface area is 160 Å². The van der Waals surface area contributed by atoms with Gasteiger partial charge in [-0.15, -0.1) is 24.0 Å². The molecule has 0 amide bonds. The lowest BCUT2D eigenvalue weighted by Gasteiger charge is -2.11. The molecule has 0 atom stereocenters. The minimum Gasteiger partial charge on any atom is -0.382 e. The van der Waals surface area contributed by atoms with E-state index >= 15 is 0 Å². The van der Waals surface area contributed by atoms with Crippen molar-refractivity contribution in [3.63, 3.8) is 0 Å². The van der Waals surface area contributed by atoms with Gasteiger partial charge in [-0.3, -0.25) is 4.99 Å². The smallest absolute Gasteiger partial charge is 0.190 e. The van der Waals surface area contributed by atoms with E-state index in [-0.39, 0.29) is 24.0 Å². The number of unbranched alkanes of at least 4 members (excludes halogenated alkanes) is 1. The molecule has 0 spiro atoms. The van der Waals surface area contributed by atoms with Gasteiger partial charge in [0.2, 0.25) is 0 Å². The van der Waals surface area contributed by atoms with Gasteiger partial charge in [0.25, 0.3) is 0 Å². The van der Waals surface area contributed by atoms with E-state index in [9.17, 15) is 0 Å². The standard InChI is InChI=1S/C17H27N5O.HI/c1-3-23-13-7-6-11-19-17(18-2)20-12-10-16-21-14-8-4-5-9-15(14)22-16;/h4-5,8-9H,3,6-7,10-13H2,1-2H3,(H,21,22)(H2,18,19,20);1H. The fraction of sp³-hybridized carbons (Fsp3) is 0.529. The maximum Gasteiger partial charge on any atom is 0.190 e. The van der Waals surface area contributed by atoms with Gasteiger partial charge in [-0.25, -0.2) is 4.98 Å². The first kappa shape index (κ1) is 20.7. The molecule has 0 saturated heterocycles. The Morgan fingerprint density at radius 3 is 2.75 bits per heavy atom. The zero-order valence-corrected chi connectivity index (χ0v) is 16.8. The first-order valence-corrected chi connectivity index (χ1v) is 8.29. The van der Waals surface area contributed by atoms with Crippen molar-refractivity contribution < 1.29 is 4.74 Å². The molecule has 7 heteroatoms. The molecule has 1 heterocycles. The number of hydrogen-bond donors (Lipinski definition) is 3. The molecule has 3 N–H and O–H groups in total. The fourth-order valence-corrected chi connectivity index (χ4v) is 2.32. The van der Waals surface area contributed by atoms with Crippen molar-refractivity contribution in [3.05, 3.63) is 30.1 Å². The molecule has 6 nitrogen and oxygen atoms in total. The highest BCUT2D eigenvalue weighted by Gasteiger charge is 2.02. The third-order valence-electron chi connectivity index (χ3n) is 3.53. The molecule has 0 aliphatic rings. The summed E-state index contributed by atoms with van der Waals surface area (Å²) >= 11 is 0. The van der Waals surface area contributed by atoms with Crippen molar-refractivity contribution in [2.75, 3.05) is 33.4 Å². The minimum absolute atomic E-state index is 0. The zero-order valence-electron chi connectivity index (χ0n) is 14.5. The van der Waals surface area contributed by atoms with E-state index in [1.165, 1.54) is 0 Å². The van der Waals surface area contributed by atoms with Crippen molar-refractivity contribution in [1.82, 2.24) is 20.6 Å². The molecule has 24 heavy (non-hydrogen) atoms. The number of guanidine groups is 1. The normalized spacial score (nSPS) is 11.3. The summed E-state index contributed by atoms with van der Waals surface area (Å²) in [6, 6.07) is 8.08. The quantitative estimate of drug-likeness (QED) is 0.240. The number of aromatic amines is 1. The number of benzene rings is 1. The second-order valence-corrected chi connectivity index (χ2v) is 5.28. The Bertz CT molecular complexity index is 581. The molecule has 0 fully saturated rings. The average molecular weight is 445 g/mol. The Morgan fingerprint density at radius 2 is 2.00 bits per heavy atom. The summed E-state index contributed by atoms with van der Waals surface area (Å²) in [5.74, 6) is 1.82. The van der Waals surface area contributed by atoms with Crippen LogP contribution in [0.25, 0.3) is 11.0 Å². The summed E-state index contributed by atoms with van der Waals surface area (Å²) in [5.41, 5.74) is 2.10. The number of imidazole rings is 1. The number of H-pyrrole nitrogens is 1. The molecule has 134 valence electrons. The van der Waals surface area contributed by atoms with Gasteiger partial charge < -0.3 is 20.4 Å². The Morgan fingerprint density at radius 1 is 1.21 bits per heavy atom.